The van der Waals surface area contributed by atoms with Crippen molar-refractivity contribution in [1.82, 2.24) is 19.3 Å². The van der Waals surface area contributed by atoms with Crippen LogP contribution in [0.2, 0.25) is 0 Å². The Morgan fingerprint density at radius 2 is 1.74 bits per heavy atom. The van der Waals surface area contributed by atoms with Crippen molar-refractivity contribution in [2.75, 3.05) is 0 Å². The summed E-state index contributed by atoms with van der Waals surface area (Å²) in [5.74, 6) is 0.254. The van der Waals surface area contributed by atoms with Gasteiger partial charge in [-0.15, -0.1) is 0 Å². The average Bonchev–Trinajstić information content (AvgIpc) is 3.21. The molecule has 0 unspecified atom stereocenters. The highest BCUT2D eigenvalue weighted by Crippen LogP contribution is 2.27. The quantitative estimate of drug-likeness (QED) is 0.524. The van der Waals surface area contributed by atoms with Gasteiger partial charge in [0.25, 0.3) is 0 Å². The van der Waals surface area contributed by atoms with E-state index in [1.54, 1.807) is 6.20 Å². The van der Waals surface area contributed by atoms with Gasteiger partial charge in [-0.1, -0.05) is 30.3 Å². The van der Waals surface area contributed by atoms with Crippen molar-refractivity contribution >= 4 is 21.8 Å². The van der Waals surface area contributed by atoms with Crippen LogP contribution in [0.4, 0.5) is 0 Å². The Labute approximate surface area is 156 Å². The summed E-state index contributed by atoms with van der Waals surface area (Å²) < 4.78 is 3.66. The summed E-state index contributed by atoms with van der Waals surface area (Å²) >= 11 is 0. The summed E-state index contributed by atoms with van der Waals surface area (Å²) in [5.41, 5.74) is 5.25. The van der Waals surface area contributed by atoms with E-state index >= 15 is 0 Å². The Morgan fingerprint density at radius 3 is 2.56 bits per heavy atom. The average molecular weight is 354 g/mol. The van der Waals surface area contributed by atoms with E-state index < -0.39 is 0 Å². The fourth-order valence-corrected chi connectivity index (χ4v) is 3.52. The number of fused-ring (bicyclic) bond motifs is 2. The normalized spacial score (nSPS) is 11.4. The van der Waals surface area contributed by atoms with Gasteiger partial charge in [0.2, 0.25) is 5.88 Å². The Hall–Kier alpha value is -3.60. The van der Waals surface area contributed by atoms with Gasteiger partial charge in [-0.2, -0.15) is 5.10 Å². The molecule has 0 amide bonds. The molecule has 0 aliphatic carbocycles. The first-order valence-electron chi connectivity index (χ1n) is 8.83. The highest BCUT2D eigenvalue weighted by Gasteiger charge is 2.09. The minimum absolute atomic E-state index is 0.254. The molecule has 2 aromatic carbocycles. The zero-order chi connectivity index (χ0) is 18.4. The lowest BCUT2D eigenvalue weighted by molar-refractivity contribution is 0.430. The van der Waals surface area contributed by atoms with Crippen molar-refractivity contribution < 1.29 is 5.11 Å². The second-order valence-electron chi connectivity index (χ2n) is 6.79. The highest BCUT2D eigenvalue weighted by atomic mass is 16.3. The van der Waals surface area contributed by atoms with E-state index in [4.69, 9.17) is 0 Å². The van der Waals surface area contributed by atoms with E-state index in [1.807, 2.05) is 40.8 Å². The van der Waals surface area contributed by atoms with Crippen LogP contribution >= 0.6 is 0 Å². The van der Waals surface area contributed by atoms with Gasteiger partial charge in [0, 0.05) is 31.0 Å². The third-order valence-electron chi connectivity index (χ3n) is 4.89. The van der Waals surface area contributed by atoms with Crippen LogP contribution in [0.1, 0.15) is 5.56 Å². The van der Waals surface area contributed by atoms with Crippen molar-refractivity contribution in [1.29, 1.82) is 0 Å². The predicted molar refractivity (Wildman–Crippen MR) is 107 cm³/mol. The number of aromatic hydroxyl groups is 1. The topological polar surface area (TPSA) is 55.9 Å². The molecule has 27 heavy (non-hydrogen) atoms. The SMILES string of the molecule is Cn1cc2cc(-c3ccc(Cn4cc5ncccc5c4O)cc3)ccc2n1. The van der Waals surface area contributed by atoms with Gasteiger partial charge >= 0.3 is 0 Å². The largest absolute Gasteiger partial charge is 0.494 e. The summed E-state index contributed by atoms with van der Waals surface area (Å²) in [6.07, 6.45) is 5.65. The first-order valence-corrected chi connectivity index (χ1v) is 8.83. The Balaban J connectivity index is 1.44. The number of rotatable bonds is 3. The van der Waals surface area contributed by atoms with Crippen LogP contribution < -0.4 is 0 Å². The summed E-state index contributed by atoms with van der Waals surface area (Å²) in [7, 11) is 1.93. The van der Waals surface area contributed by atoms with Gasteiger partial charge in [-0.25, -0.2) is 0 Å². The monoisotopic (exact) mass is 354 g/mol. The third-order valence-corrected chi connectivity index (χ3v) is 4.89. The van der Waals surface area contributed by atoms with Crippen molar-refractivity contribution in [3.8, 4) is 17.0 Å². The standard InChI is InChI=1S/C22H18N4O/c1-25-13-18-11-17(8-9-20(18)24-25)16-6-4-15(5-7-16)12-26-14-21-19(22(26)27)3-2-10-23-21/h2-11,13-14,27H,12H2,1H3. The number of pyridine rings is 1. The zero-order valence-corrected chi connectivity index (χ0v) is 14.9. The number of aromatic nitrogens is 4. The molecule has 0 bridgehead atoms. The van der Waals surface area contributed by atoms with Crippen LogP contribution in [0.25, 0.3) is 32.9 Å². The first-order chi connectivity index (χ1) is 13.2. The second-order valence-corrected chi connectivity index (χ2v) is 6.79. The Kier molecular flexibility index (Phi) is 3.47. The lowest BCUT2D eigenvalue weighted by Crippen LogP contribution is -1.97. The molecule has 5 nitrogen and oxygen atoms in total. The first kappa shape index (κ1) is 15.6. The van der Waals surface area contributed by atoms with Gasteiger partial charge in [-0.05, 0) is 41.0 Å². The summed E-state index contributed by atoms with van der Waals surface area (Å²) in [6.45, 7) is 0.601. The fourth-order valence-electron chi connectivity index (χ4n) is 3.52. The van der Waals surface area contributed by atoms with Crippen molar-refractivity contribution in [3.63, 3.8) is 0 Å². The molecule has 0 saturated carbocycles. The minimum Gasteiger partial charge on any atom is -0.494 e. The van der Waals surface area contributed by atoms with Gasteiger partial charge in [0.05, 0.1) is 23.0 Å². The van der Waals surface area contributed by atoms with Crippen LogP contribution in [-0.2, 0) is 13.6 Å². The Morgan fingerprint density at radius 1 is 0.926 bits per heavy atom. The number of nitrogens with zero attached hydrogens (tertiary/aromatic N) is 4. The van der Waals surface area contributed by atoms with Crippen molar-refractivity contribution in [3.05, 3.63) is 78.8 Å². The molecule has 5 aromatic rings. The van der Waals surface area contributed by atoms with Gasteiger partial charge < -0.3 is 9.67 Å². The van der Waals surface area contributed by atoms with Crippen molar-refractivity contribution in [2.24, 2.45) is 7.05 Å². The predicted octanol–water partition coefficient (Wildman–Crippen LogP) is 4.34. The molecule has 132 valence electrons. The molecule has 0 saturated heterocycles. The molecule has 0 aliphatic rings. The van der Waals surface area contributed by atoms with Gasteiger partial charge in [0.1, 0.15) is 0 Å². The molecule has 1 N–H and O–H groups in total. The molecular weight excluding hydrogens is 336 g/mol. The fraction of sp³-hybridized carbons (Fsp3) is 0.0909. The molecule has 5 heteroatoms. The molecule has 0 fully saturated rings. The second kappa shape index (κ2) is 5.99. The minimum atomic E-state index is 0.254. The molecule has 0 aliphatic heterocycles. The summed E-state index contributed by atoms with van der Waals surface area (Å²) in [5, 5.41) is 16.7. The maximum Gasteiger partial charge on any atom is 0.201 e. The van der Waals surface area contributed by atoms with Crippen LogP contribution in [-0.4, -0.2) is 24.4 Å². The third kappa shape index (κ3) is 2.73. The molecular formula is C22H18N4O. The van der Waals surface area contributed by atoms with E-state index in [2.05, 4.69) is 52.5 Å². The van der Waals surface area contributed by atoms with Gasteiger partial charge in [0.15, 0.2) is 0 Å². The number of benzene rings is 2. The highest BCUT2D eigenvalue weighted by molar-refractivity contribution is 5.85. The van der Waals surface area contributed by atoms with E-state index in [0.29, 0.717) is 6.54 Å². The van der Waals surface area contributed by atoms with Crippen LogP contribution in [0.15, 0.2) is 73.2 Å². The summed E-state index contributed by atoms with van der Waals surface area (Å²) in [6, 6.07) is 18.5. The van der Waals surface area contributed by atoms with Crippen molar-refractivity contribution in [2.45, 2.75) is 6.54 Å². The van der Waals surface area contributed by atoms with E-state index in [0.717, 1.165) is 32.9 Å². The maximum absolute atomic E-state index is 10.4. The molecule has 0 spiro atoms. The number of aryl methyl sites for hydroxylation is 1. The van der Waals surface area contributed by atoms with Gasteiger partial charge in [-0.3, -0.25) is 9.67 Å². The maximum atomic E-state index is 10.4. The lowest BCUT2D eigenvalue weighted by atomic mass is 10.0. The molecule has 0 atom stereocenters. The molecule has 3 heterocycles. The number of hydrogen-bond acceptors (Lipinski definition) is 3. The van der Waals surface area contributed by atoms with Crippen LogP contribution in [0.5, 0.6) is 5.88 Å². The summed E-state index contributed by atoms with van der Waals surface area (Å²) in [4.78, 5) is 4.30. The van der Waals surface area contributed by atoms with E-state index in [1.165, 1.54) is 5.56 Å². The van der Waals surface area contributed by atoms with E-state index in [9.17, 15) is 5.11 Å². The molecule has 3 aromatic heterocycles. The zero-order valence-electron chi connectivity index (χ0n) is 14.9. The van der Waals surface area contributed by atoms with Crippen LogP contribution in [0, 0.1) is 0 Å². The molecule has 0 radical (unpaired) electrons. The smallest absolute Gasteiger partial charge is 0.201 e. The number of hydrogen-bond donors (Lipinski definition) is 1. The van der Waals surface area contributed by atoms with Crippen LogP contribution in [0.3, 0.4) is 0 Å². The molecule has 5 rings (SSSR count). The Bertz CT molecular complexity index is 1260. The van der Waals surface area contributed by atoms with E-state index in [-0.39, 0.29) is 5.88 Å². The lowest BCUT2D eigenvalue weighted by Gasteiger charge is -2.07.